The molecule has 1 saturated heterocycles. The molecule has 168 valence electrons. The van der Waals surface area contributed by atoms with E-state index in [9.17, 15) is 0 Å². The molecule has 1 aromatic heterocycles. The van der Waals surface area contributed by atoms with Crippen LogP contribution in [0.3, 0.4) is 0 Å². The summed E-state index contributed by atoms with van der Waals surface area (Å²) < 4.78 is 0. The second-order valence-corrected chi connectivity index (χ2v) is 8.16. The summed E-state index contributed by atoms with van der Waals surface area (Å²) in [5.74, 6) is 1.76. The number of benzene rings is 1. The maximum Gasteiger partial charge on any atom is 0.225 e. The van der Waals surface area contributed by atoms with Crippen LogP contribution in [-0.2, 0) is 6.42 Å². The number of rotatable bonds is 9. The van der Waals surface area contributed by atoms with Gasteiger partial charge >= 0.3 is 0 Å². The maximum atomic E-state index is 4.76. The van der Waals surface area contributed by atoms with E-state index in [0.717, 1.165) is 77.1 Å². The molecule has 0 saturated carbocycles. The molecule has 7 nitrogen and oxygen atoms in total. The Labute approximate surface area is 187 Å². The quantitative estimate of drug-likeness (QED) is 0.367. The zero-order chi connectivity index (χ0) is 21.9. The molecule has 7 heteroatoms. The molecule has 31 heavy (non-hydrogen) atoms. The fourth-order valence-electron chi connectivity index (χ4n) is 3.99. The summed E-state index contributed by atoms with van der Waals surface area (Å²) >= 11 is 0. The van der Waals surface area contributed by atoms with Gasteiger partial charge in [0.05, 0.1) is 0 Å². The molecule has 2 N–H and O–H groups in total. The molecular weight excluding hydrogens is 386 g/mol. The number of aromatic nitrogens is 2. The fraction of sp³-hybridized carbons (Fsp3) is 0.542. The lowest BCUT2D eigenvalue weighted by Crippen LogP contribution is -2.47. The van der Waals surface area contributed by atoms with Gasteiger partial charge in [-0.3, -0.25) is 9.89 Å². The highest BCUT2D eigenvalue weighted by Crippen LogP contribution is 2.10. The lowest BCUT2D eigenvalue weighted by Gasteiger charge is -2.34. The Kier molecular flexibility index (Phi) is 9.09. The standard InChI is InChI=1S/C24H37N7/c1-4-25-23(27-11-7-22-18-20(2)17-21(3)19-22)26-10-6-12-30-13-15-31(16-14-30)24-28-8-5-9-29-24/h5,8-9,17-19H,4,6-7,10-16H2,1-3H3,(H2,25,26,27). The number of nitrogens with zero attached hydrogens (tertiary/aromatic N) is 5. The number of piperazine rings is 1. The first-order valence-corrected chi connectivity index (χ1v) is 11.5. The second-order valence-electron chi connectivity index (χ2n) is 8.16. The van der Waals surface area contributed by atoms with E-state index in [1.54, 1.807) is 0 Å². The minimum atomic E-state index is 0.834. The van der Waals surface area contributed by atoms with Gasteiger partial charge in [-0.05, 0) is 45.2 Å². The Morgan fingerprint density at radius 3 is 2.39 bits per heavy atom. The van der Waals surface area contributed by atoms with Crippen molar-refractivity contribution in [1.29, 1.82) is 0 Å². The fourth-order valence-corrected chi connectivity index (χ4v) is 3.99. The molecule has 0 unspecified atom stereocenters. The molecule has 0 bridgehead atoms. The molecule has 2 aromatic rings. The summed E-state index contributed by atoms with van der Waals surface area (Å²) in [4.78, 5) is 18.2. The van der Waals surface area contributed by atoms with Gasteiger partial charge in [0.2, 0.25) is 5.95 Å². The Balaban J connectivity index is 1.36. The van der Waals surface area contributed by atoms with Crippen LogP contribution in [-0.4, -0.2) is 73.2 Å². The van der Waals surface area contributed by atoms with Gasteiger partial charge in [0.1, 0.15) is 0 Å². The number of anilines is 1. The van der Waals surface area contributed by atoms with Gasteiger partial charge < -0.3 is 15.5 Å². The zero-order valence-corrected chi connectivity index (χ0v) is 19.3. The highest BCUT2D eigenvalue weighted by molar-refractivity contribution is 5.79. The number of guanidine groups is 1. The van der Waals surface area contributed by atoms with Crippen molar-refractivity contribution in [2.24, 2.45) is 4.99 Å². The van der Waals surface area contributed by atoms with Crippen LogP contribution in [0.15, 0.2) is 41.7 Å². The lowest BCUT2D eigenvalue weighted by molar-refractivity contribution is 0.255. The Morgan fingerprint density at radius 1 is 1.00 bits per heavy atom. The predicted octanol–water partition coefficient (Wildman–Crippen LogP) is 2.40. The van der Waals surface area contributed by atoms with Crippen molar-refractivity contribution in [3.63, 3.8) is 0 Å². The number of hydrogen-bond donors (Lipinski definition) is 2. The van der Waals surface area contributed by atoms with E-state index < -0.39 is 0 Å². The first kappa shape index (κ1) is 23.0. The van der Waals surface area contributed by atoms with Crippen LogP contribution in [0.1, 0.15) is 30.0 Å². The van der Waals surface area contributed by atoms with Crippen molar-refractivity contribution in [3.05, 3.63) is 53.3 Å². The monoisotopic (exact) mass is 423 g/mol. The van der Waals surface area contributed by atoms with Crippen LogP contribution in [0.4, 0.5) is 5.95 Å². The molecule has 0 aliphatic carbocycles. The van der Waals surface area contributed by atoms with Gasteiger partial charge in [0.15, 0.2) is 5.96 Å². The van der Waals surface area contributed by atoms with E-state index in [0.29, 0.717) is 0 Å². The molecule has 1 aliphatic heterocycles. The molecule has 3 rings (SSSR count). The van der Waals surface area contributed by atoms with Gasteiger partial charge in [0.25, 0.3) is 0 Å². The zero-order valence-electron chi connectivity index (χ0n) is 19.3. The van der Waals surface area contributed by atoms with Crippen LogP contribution < -0.4 is 15.5 Å². The van der Waals surface area contributed by atoms with Crippen molar-refractivity contribution in [2.75, 3.05) is 57.3 Å². The molecule has 1 fully saturated rings. The summed E-state index contributed by atoms with van der Waals surface area (Å²) in [6, 6.07) is 8.61. The third kappa shape index (κ3) is 7.83. The van der Waals surface area contributed by atoms with Crippen molar-refractivity contribution >= 4 is 11.9 Å². The molecule has 1 aliphatic rings. The number of hydrogen-bond acceptors (Lipinski definition) is 5. The van der Waals surface area contributed by atoms with Crippen molar-refractivity contribution in [1.82, 2.24) is 25.5 Å². The smallest absolute Gasteiger partial charge is 0.225 e. The number of nitrogens with one attached hydrogen (secondary N) is 2. The lowest BCUT2D eigenvalue weighted by atomic mass is 10.1. The minimum Gasteiger partial charge on any atom is -0.357 e. The molecule has 1 aromatic carbocycles. The van der Waals surface area contributed by atoms with Gasteiger partial charge in [-0.2, -0.15) is 0 Å². The SMILES string of the molecule is CCNC(=NCCCN1CCN(c2ncccn2)CC1)NCCc1cc(C)cc(C)c1. The maximum absolute atomic E-state index is 4.76. The van der Waals surface area contributed by atoms with E-state index in [1.807, 2.05) is 18.5 Å². The normalized spacial score (nSPS) is 15.2. The molecular formula is C24H37N7. The topological polar surface area (TPSA) is 68.7 Å². The molecule has 2 heterocycles. The van der Waals surface area contributed by atoms with Gasteiger partial charge in [-0.15, -0.1) is 0 Å². The van der Waals surface area contributed by atoms with E-state index in [2.05, 4.69) is 69.4 Å². The first-order chi connectivity index (χ1) is 15.1. The van der Waals surface area contributed by atoms with Gasteiger partial charge in [0, 0.05) is 64.8 Å². The molecule has 0 radical (unpaired) electrons. The second kappa shape index (κ2) is 12.2. The van der Waals surface area contributed by atoms with Crippen molar-refractivity contribution in [3.8, 4) is 0 Å². The Morgan fingerprint density at radius 2 is 1.71 bits per heavy atom. The van der Waals surface area contributed by atoms with E-state index in [1.165, 1.54) is 16.7 Å². The van der Waals surface area contributed by atoms with Crippen LogP contribution in [0.5, 0.6) is 0 Å². The van der Waals surface area contributed by atoms with Crippen LogP contribution in [0.25, 0.3) is 0 Å². The predicted molar refractivity (Wildman–Crippen MR) is 129 cm³/mol. The Hall–Kier alpha value is -2.67. The highest BCUT2D eigenvalue weighted by atomic mass is 15.3. The summed E-state index contributed by atoms with van der Waals surface area (Å²) in [6.45, 7) is 14.2. The minimum absolute atomic E-state index is 0.834. The summed E-state index contributed by atoms with van der Waals surface area (Å²) in [7, 11) is 0. The first-order valence-electron chi connectivity index (χ1n) is 11.5. The molecule has 0 spiro atoms. The van der Waals surface area contributed by atoms with Crippen molar-refractivity contribution < 1.29 is 0 Å². The largest absolute Gasteiger partial charge is 0.357 e. The van der Waals surface area contributed by atoms with E-state index in [4.69, 9.17) is 4.99 Å². The average molecular weight is 424 g/mol. The van der Waals surface area contributed by atoms with Crippen LogP contribution >= 0.6 is 0 Å². The van der Waals surface area contributed by atoms with Gasteiger partial charge in [-0.1, -0.05) is 29.3 Å². The van der Waals surface area contributed by atoms with Crippen LogP contribution in [0.2, 0.25) is 0 Å². The molecule has 0 atom stereocenters. The van der Waals surface area contributed by atoms with E-state index in [-0.39, 0.29) is 0 Å². The highest BCUT2D eigenvalue weighted by Gasteiger charge is 2.18. The van der Waals surface area contributed by atoms with Crippen LogP contribution in [0, 0.1) is 13.8 Å². The Bertz CT molecular complexity index is 794. The van der Waals surface area contributed by atoms with Gasteiger partial charge in [-0.25, -0.2) is 9.97 Å². The molecule has 0 amide bonds. The third-order valence-corrected chi connectivity index (χ3v) is 5.44. The van der Waals surface area contributed by atoms with E-state index >= 15 is 0 Å². The summed E-state index contributed by atoms with van der Waals surface area (Å²) in [5.41, 5.74) is 4.03. The average Bonchev–Trinajstić information content (AvgIpc) is 2.77. The third-order valence-electron chi connectivity index (χ3n) is 5.44. The van der Waals surface area contributed by atoms with Crippen molar-refractivity contribution in [2.45, 2.75) is 33.6 Å². The summed E-state index contributed by atoms with van der Waals surface area (Å²) in [5, 5.41) is 6.83. The summed E-state index contributed by atoms with van der Waals surface area (Å²) in [6.07, 6.45) is 5.69. The number of aryl methyl sites for hydroxylation is 2. The number of aliphatic imine (C=N–C) groups is 1.